The molecule has 0 radical (unpaired) electrons. The van der Waals surface area contributed by atoms with E-state index in [4.69, 9.17) is 4.74 Å². The van der Waals surface area contributed by atoms with Crippen LogP contribution in [0.4, 0.5) is 17.3 Å². The lowest BCUT2D eigenvalue weighted by atomic mass is 10.2. The van der Waals surface area contributed by atoms with E-state index in [-0.39, 0.29) is 5.03 Å². The van der Waals surface area contributed by atoms with Crippen LogP contribution in [-0.2, 0) is 19.3 Å². The van der Waals surface area contributed by atoms with Gasteiger partial charge in [-0.1, -0.05) is 6.07 Å². The Morgan fingerprint density at radius 3 is 2.39 bits per heavy atom. The van der Waals surface area contributed by atoms with Gasteiger partial charge in [-0.2, -0.15) is 0 Å². The highest BCUT2D eigenvalue weighted by molar-refractivity contribution is 7.92. The highest BCUT2D eigenvalue weighted by Gasteiger charge is 2.58. The van der Waals surface area contributed by atoms with E-state index in [0.717, 1.165) is 37.7 Å². The van der Waals surface area contributed by atoms with Gasteiger partial charge in [0.1, 0.15) is 4.75 Å². The molecular formula is C22H23N5O3S. The maximum Gasteiger partial charge on any atom is 0.227 e. The average Bonchev–Trinajstić information content (AvgIpc) is 3.64. The van der Waals surface area contributed by atoms with Gasteiger partial charge in [-0.3, -0.25) is 0 Å². The summed E-state index contributed by atoms with van der Waals surface area (Å²) in [6, 6.07) is 14.6. The number of anilines is 3. The van der Waals surface area contributed by atoms with Crippen molar-refractivity contribution in [1.82, 2.24) is 15.0 Å². The molecular weight excluding hydrogens is 414 g/mol. The van der Waals surface area contributed by atoms with Gasteiger partial charge in [-0.15, -0.1) is 0 Å². The Morgan fingerprint density at radius 1 is 0.935 bits per heavy atom. The fourth-order valence-corrected chi connectivity index (χ4v) is 5.75. The van der Waals surface area contributed by atoms with Gasteiger partial charge in [-0.05, 0) is 55.3 Å². The summed E-state index contributed by atoms with van der Waals surface area (Å²) in [5.74, 6) is 0.374. The Balaban J connectivity index is 1.36. The molecule has 160 valence electrons. The molecule has 3 heterocycles. The standard InChI is InChI=1S/C22H23N5O3S/c28-31(29,20-3-1-2-11-23-20)22(9-10-22)19-8-12-24-21(26-19)25-17-4-6-18(7-5-17)27-13-15-30-16-14-27/h1-8,11-12H,9-10,13-16H2,(H,24,25,26). The number of benzene rings is 1. The third-order valence-electron chi connectivity index (χ3n) is 5.75. The Morgan fingerprint density at radius 2 is 1.71 bits per heavy atom. The second kappa shape index (κ2) is 7.90. The summed E-state index contributed by atoms with van der Waals surface area (Å²) in [5, 5.41) is 3.27. The molecule has 1 saturated carbocycles. The largest absolute Gasteiger partial charge is 0.378 e. The molecule has 1 N–H and O–H groups in total. The van der Waals surface area contributed by atoms with Crippen molar-refractivity contribution in [1.29, 1.82) is 0 Å². The molecule has 0 amide bonds. The number of pyridine rings is 1. The number of nitrogens with zero attached hydrogens (tertiary/aromatic N) is 4. The van der Waals surface area contributed by atoms with E-state index in [2.05, 4.69) is 25.2 Å². The maximum absolute atomic E-state index is 13.2. The number of sulfone groups is 1. The molecule has 31 heavy (non-hydrogen) atoms. The summed E-state index contributed by atoms with van der Waals surface area (Å²) in [5.41, 5.74) is 2.48. The molecule has 0 spiro atoms. The molecule has 0 bridgehead atoms. The lowest BCUT2D eigenvalue weighted by Gasteiger charge is -2.28. The first-order valence-electron chi connectivity index (χ1n) is 10.3. The van der Waals surface area contributed by atoms with E-state index in [0.29, 0.717) is 24.5 Å². The van der Waals surface area contributed by atoms with E-state index >= 15 is 0 Å². The van der Waals surface area contributed by atoms with Gasteiger partial charge in [0.2, 0.25) is 15.8 Å². The van der Waals surface area contributed by atoms with Crippen LogP contribution >= 0.6 is 0 Å². The lowest BCUT2D eigenvalue weighted by Crippen LogP contribution is -2.36. The molecule has 2 aliphatic rings. The van der Waals surface area contributed by atoms with Crippen LogP contribution in [0.2, 0.25) is 0 Å². The maximum atomic E-state index is 13.2. The van der Waals surface area contributed by atoms with Crippen molar-refractivity contribution in [3.8, 4) is 0 Å². The van der Waals surface area contributed by atoms with Crippen LogP contribution in [0.5, 0.6) is 0 Å². The van der Waals surface area contributed by atoms with E-state index in [1.54, 1.807) is 24.4 Å². The van der Waals surface area contributed by atoms with Crippen LogP contribution in [0.15, 0.2) is 66.0 Å². The van der Waals surface area contributed by atoms with Crippen molar-refractivity contribution in [2.75, 3.05) is 36.5 Å². The second-order valence-corrected chi connectivity index (χ2v) is 9.91. The predicted molar refractivity (Wildman–Crippen MR) is 117 cm³/mol. The van der Waals surface area contributed by atoms with Crippen molar-refractivity contribution in [2.45, 2.75) is 22.6 Å². The molecule has 5 rings (SSSR count). The van der Waals surface area contributed by atoms with Gasteiger partial charge in [0.05, 0.1) is 18.9 Å². The average molecular weight is 438 g/mol. The highest BCUT2D eigenvalue weighted by atomic mass is 32.2. The van der Waals surface area contributed by atoms with E-state index in [9.17, 15) is 8.42 Å². The molecule has 3 aromatic rings. The predicted octanol–water partition coefficient (Wildman–Crippen LogP) is 2.91. The first kappa shape index (κ1) is 19.9. The van der Waals surface area contributed by atoms with E-state index < -0.39 is 14.6 Å². The molecule has 1 aromatic carbocycles. The number of ether oxygens (including phenoxy) is 1. The van der Waals surface area contributed by atoms with Crippen molar-refractivity contribution in [3.63, 3.8) is 0 Å². The minimum absolute atomic E-state index is 0.0827. The molecule has 0 atom stereocenters. The quantitative estimate of drug-likeness (QED) is 0.629. The zero-order chi connectivity index (χ0) is 21.3. The van der Waals surface area contributed by atoms with Crippen LogP contribution in [-0.4, -0.2) is 49.7 Å². The monoisotopic (exact) mass is 437 g/mol. The van der Waals surface area contributed by atoms with Gasteiger partial charge in [0, 0.05) is 36.9 Å². The summed E-state index contributed by atoms with van der Waals surface area (Å²) in [6.07, 6.45) is 4.14. The van der Waals surface area contributed by atoms with E-state index in [1.807, 2.05) is 24.3 Å². The number of aromatic nitrogens is 3. The summed E-state index contributed by atoms with van der Waals surface area (Å²) < 4.78 is 30.8. The van der Waals surface area contributed by atoms with Crippen LogP contribution in [0.25, 0.3) is 0 Å². The minimum atomic E-state index is -3.63. The molecule has 9 heteroatoms. The Bertz CT molecular complexity index is 1160. The summed E-state index contributed by atoms with van der Waals surface area (Å²) in [6.45, 7) is 3.24. The SMILES string of the molecule is O=S(=O)(c1ccccn1)C1(c2ccnc(Nc3ccc(N4CCOCC4)cc3)n2)CC1. The van der Waals surface area contributed by atoms with Crippen molar-refractivity contribution >= 4 is 27.2 Å². The molecule has 2 fully saturated rings. The highest BCUT2D eigenvalue weighted by Crippen LogP contribution is 2.54. The van der Waals surface area contributed by atoms with Gasteiger partial charge in [-0.25, -0.2) is 23.4 Å². The summed E-state index contributed by atoms with van der Waals surface area (Å²) in [7, 11) is -3.63. The number of nitrogens with one attached hydrogen (secondary N) is 1. The van der Waals surface area contributed by atoms with Crippen molar-refractivity contribution in [2.24, 2.45) is 0 Å². The molecule has 1 aliphatic heterocycles. The second-order valence-electron chi connectivity index (χ2n) is 7.70. The lowest BCUT2D eigenvalue weighted by molar-refractivity contribution is 0.122. The fourth-order valence-electron chi connectivity index (χ4n) is 3.86. The Kier molecular flexibility index (Phi) is 5.07. The summed E-state index contributed by atoms with van der Waals surface area (Å²) >= 11 is 0. The molecule has 1 aliphatic carbocycles. The van der Waals surface area contributed by atoms with Crippen molar-refractivity contribution in [3.05, 3.63) is 66.6 Å². The van der Waals surface area contributed by atoms with Crippen LogP contribution in [0, 0.1) is 0 Å². The van der Waals surface area contributed by atoms with Crippen molar-refractivity contribution < 1.29 is 13.2 Å². The first-order valence-corrected chi connectivity index (χ1v) is 11.8. The zero-order valence-corrected chi connectivity index (χ0v) is 17.8. The van der Waals surface area contributed by atoms with E-state index in [1.165, 1.54) is 12.3 Å². The van der Waals surface area contributed by atoms with Crippen LogP contribution < -0.4 is 10.2 Å². The number of hydrogen-bond donors (Lipinski definition) is 1. The minimum Gasteiger partial charge on any atom is -0.378 e. The Labute approximate surface area is 181 Å². The normalized spacial score (nSPS) is 17.9. The molecule has 0 unspecified atom stereocenters. The number of rotatable bonds is 6. The zero-order valence-electron chi connectivity index (χ0n) is 16.9. The summed E-state index contributed by atoms with van der Waals surface area (Å²) in [4.78, 5) is 15.2. The first-order chi connectivity index (χ1) is 15.1. The molecule has 1 saturated heterocycles. The van der Waals surface area contributed by atoms with Gasteiger partial charge in [0.25, 0.3) is 0 Å². The molecule has 2 aromatic heterocycles. The number of morpholine rings is 1. The van der Waals surface area contributed by atoms with Crippen LogP contribution in [0.3, 0.4) is 0 Å². The third kappa shape index (κ3) is 3.75. The fraction of sp³-hybridized carbons (Fsp3) is 0.318. The topological polar surface area (TPSA) is 97.3 Å². The van der Waals surface area contributed by atoms with Gasteiger partial charge >= 0.3 is 0 Å². The smallest absolute Gasteiger partial charge is 0.227 e. The van der Waals surface area contributed by atoms with Gasteiger partial charge in [0.15, 0.2) is 5.03 Å². The van der Waals surface area contributed by atoms with Crippen LogP contribution in [0.1, 0.15) is 18.5 Å². The molecule has 8 nitrogen and oxygen atoms in total. The number of hydrogen-bond acceptors (Lipinski definition) is 8. The van der Waals surface area contributed by atoms with Gasteiger partial charge < -0.3 is 15.0 Å². The third-order valence-corrected chi connectivity index (χ3v) is 8.19. The Hall–Kier alpha value is -3.04.